The minimum Gasteiger partial charge on any atom is -0.325 e. The Morgan fingerprint density at radius 1 is 1.50 bits per heavy atom. The van der Waals surface area contributed by atoms with Gasteiger partial charge in [-0.15, -0.1) is 0 Å². The van der Waals surface area contributed by atoms with Gasteiger partial charge in [0.1, 0.15) is 0 Å². The smallest absolute Gasteiger partial charge is 0.241 e. The predicted molar refractivity (Wildman–Crippen MR) is 68.4 cm³/mol. The molecule has 1 amide bonds. The van der Waals surface area contributed by atoms with Crippen LogP contribution in [0.25, 0.3) is 0 Å². The molecule has 4 heteroatoms. The molecule has 0 bridgehead atoms. The number of rotatable bonds is 3. The largest absolute Gasteiger partial charge is 0.325 e. The molecule has 0 saturated carbocycles. The number of thioether (sulfide) groups is 1. The minimum absolute atomic E-state index is 0.0691. The molecule has 2 aliphatic heterocycles. The molecule has 0 aliphatic carbocycles. The van der Waals surface area contributed by atoms with E-state index in [4.69, 9.17) is 0 Å². The fourth-order valence-corrected chi connectivity index (χ4v) is 3.61. The number of hydrogen-bond donors (Lipinski definition) is 1. The van der Waals surface area contributed by atoms with Crippen LogP contribution in [-0.4, -0.2) is 41.1 Å². The number of nitrogens with zero attached hydrogens (tertiary/aromatic N) is 1. The van der Waals surface area contributed by atoms with Crippen molar-refractivity contribution in [1.82, 2.24) is 10.2 Å². The first kappa shape index (κ1) is 12.2. The molecule has 2 atom stereocenters. The van der Waals surface area contributed by atoms with Gasteiger partial charge in [0.05, 0.1) is 12.7 Å². The Hall–Kier alpha value is -0.220. The van der Waals surface area contributed by atoms with Crippen molar-refractivity contribution in [2.24, 2.45) is 5.92 Å². The van der Waals surface area contributed by atoms with Gasteiger partial charge in [0, 0.05) is 6.04 Å². The third-order valence-electron chi connectivity index (χ3n) is 3.88. The molecule has 2 fully saturated rings. The van der Waals surface area contributed by atoms with Crippen molar-refractivity contribution in [1.29, 1.82) is 0 Å². The van der Waals surface area contributed by atoms with Gasteiger partial charge in [-0.2, -0.15) is 11.8 Å². The number of carbonyl (C=O) groups excluding carboxylic acids is 1. The van der Waals surface area contributed by atoms with Gasteiger partial charge in [0.25, 0.3) is 0 Å². The molecular weight excluding hydrogens is 220 g/mol. The molecule has 16 heavy (non-hydrogen) atoms. The molecule has 1 N–H and O–H groups in total. The van der Waals surface area contributed by atoms with Crippen LogP contribution in [0.3, 0.4) is 0 Å². The van der Waals surface area contributed by atoms with Crippen molar-refractivity contribution < 1.29 is 4.79 Å². The van der Waals surface area contributed by atoms with E-state index in [1.54, 1.807) is 0 Å². The van der Waals surface area contributed by atoms with E-state index in [2.05, 4.69) is 24.1 Å². The Morgan fingerprint density at radius 3 is 2.81 bits per heavy atom. The molecule has 2 heterocycles. The van der Waals surface area contributed by atoms with Gasteiger partial charge in [-0.1, -0.05) is 20.3 Å². The summed E-state index contributed by atoms with van der Waals surface area (Å²) in [7, 11) is 0. The summed E-state index contributed by atoms with van der Waals surface area (Å²) in [5, 5.41) is 3.37. The van der Waals surface area contributed by atoms with Crippen molar-refractivity contribution >= 4 is 17.7 Å². The Kier molecular flexibility index (Phi) is 4.14. The average molecular weight is 242 g/mol. The predicted octanol–water partition coefficient (Wildman–Crippen LogP) is 1.69. The molecule has 0 radical (unpaired) electrons. The summed E-state index contributed by atoms with van der Waals surface area (Å²) in [5.41, 5.74) is 0. The van der Waals surface area contributed by atoms with Gasteiger partial charge >= 0.3 is 0 Å². The van der Waals surface area contributed by atoms with Crippen LogP contribution in [0.1, 0.15) is 33.1 Å². The van der Waals surface area contributed by atoms with Crippen LogP contribution >= 0.6 is 11.8 Å². The zero-order chi connectivity index (χ0) is 11.5. The second-order valence-electron chi connectivity index (χ2n) is 4.88. The summed E-state index contributed by atoms with van der Waals surface area (Å²) >= 11 is 2.01. The van der Waals surface area contributed by atoms with Crippen LogP contribution in [-0.2, 0) is 4.79 Å². The van der Waals surface area contributed by atoms with Gasteiger partial charge in [-0.25, -0.2) is 0 Å². The first-order valence-corrected chi connectivity index (χ1v) is 7.51. The highest BCUT2D eigenvalue weighted by molar-refractivity contribution is 7.99. The summed E-state index contributed by atoms with van der Waals surface area (Å²) in [4.78, 5) is 14.3. The minimum atomic E-state index is 0.0691. The van der Waals surface area contributed by atoms with Crippen LogP contribution in [0.5, 0.6) is 0 Å². The van der Waals surface area contributed by atoms with E-state index in [-0.39, 0.29) is 6.04 Å². The van der Waals surface area contributed by atoms with Crippen LogP contribution in [0.4, 0.5) is 0 Å². The van der Waals surface area contributed by atoms with Gasteiger partial charge in [-0.3, -0.25) is 10.1 Å². The summed E-state index contributed by atoms with van der Waals surface area (Å²) in [6.45, 7) is 5.08. The lowest BCUT2D eigenvalue weighted by atomic mass is 9.99. The molecule has 2 unspecified atom stereocenters. The first-order chi connectivity index (χ1) is 7.74. The highest BCUT2D eigenvalue weighted by atomic mass is 32.2. The van der Waals surface area contributed by atoms with E-state index in [1.165, 1.54) is 24.3 Å². The molecule has 0 aromatic rings. The highest BCUT2D eigenvalue weighted by Gasteiger charge is 2.37. The molecule has 2 aliphatic rings. The van der Waals surface area contributed by atoms with Gasteiger partial charge < -0.3 is 4.90 Å². The Labute approximate surface area is 102 Å². The van der Waals surface area contributed by atoms with Crippen LogP contribution < -0.4 is 5.32 Å². The SMILES string of the molecule is CCC(C)C1NCN(C2CCSCC2)C1=O. The second kappa shape index (κ2) is 5.41. The van der Waals surface area contributed by atoms with Crippen LogP contribution in [0, 0.1) is 5.92 Å². The Morgan fingerprint density at radius 2 is 2.19 bits per heavy atom. The normalized spacial score (nSPS) is 29.8. The summed E-state index contributed by atoms with van der Waals surface area (Å²) in [5.74, 6) is 3.21. The van der Waals surface area contributed by atoms with Crippen molar-refractivity contribution in [2.45, 2.75) is 45.2 Å². The Bertz CT molecular complexity index is 253. The highest BCUT2D eigenvalue weighted by Crippen LogP contribution is 2.25. The van der Waals surface area contributed by atoms with E-state index >= 15 is 0 Å². The Balaban J connectivity index is 1.95. The molecule has 3 nitrogen and oxygen atoms in total. The molecule has 2 saturated heterocycles. The molecular formula is C12H22N2OS. The zero-order valence-electron chi connectivity index (χ0n) is 10.2. The average Bonchev–Trinajstić information content (AvgIpc) is 2.71. The van der Waals surface area contributed by atoms with Gasteiger partial charge in [-0.05, 0) is 30.3 Å². The first-order valence-electron chi connectivity index (χ1n) is 6.35. The van der Waals surface area contributed by atoms with Gasteiger partial charge in [0.15, 0.2) is 0 Å². The lowest BCUT2D eigenvalue weighted by molar-refractivity contribution is -0.131. The van der Waals surface area contributed by atoms with E-state index < -0.39 is 0 Å². The number of carbonyl (C=O) groups is 1. The van der Waals surface area contributed by atoms with Crippen LogP contribution in [0.15, 0.2) is 0 Å². The maximum atomic E-state index is 12.3. The maximum Gasteiger partial charge on any atom is 0.241 e. The third kappa shape index (κ3) is 2.38. The van der Waals surface area contributed by atoms with Crippen molar-refractivity contribution in [2.75, 3.05) is 18.2 Å². The standard InChI is InChI=1S/C12H22N2OS/c1-3-9(2)11-12(15)14(8-13-11)10-4-6-16-7-5-10/h9-11,13H,3-8H2,1-2H3. The lowest BCUT2D eigenvalue weighted by Gasteiger charge is -2.30. The molecule has 92 valence electrons. The fraction of sp³-hybridized carbons (Fsp3) is 0.917. The molecule has 0 aromatic carbocycles. The van der Waals surface area contributed by atoms with E-state index in [9.17, 15) is 4.79 Å². The van der Waals surface area contributed by atoms with Crippen LogP contribution in [0.2, 0.25) is 0 Å². The number of nitrogens with one attached hydrogen (secondary N) is 1. The molecule has 2 rings (SSSR count). The third-order valence-corrected chi connectivity index (χ3v) is 4.92. The zero-order valence-corrected chi connectivity index (χ0v) is 11.1. The summed E-state index contributed by atoms with van der Waals surface area (Å²) in [6, 6.07) is 0.565. The monoisotopic (exact) mass is 242 g/mol. The summed E-state index contributed by atoms with van der Waals surface area (Å²) in [6.07, 6.45) is 3.41. The fourth-order valence-electron chi connectivity index (χ4n) is 2.53. The summed E-state index contributed by atoms with van der Waals surface area (Å²) < 4.78 is 0. The van der Waals surface area contributed by atoms with E-state index in [0.717, 1.165) is 13.1 Å². The number of amides is 1. The van der Waals surface area contributed by atoms with E-state index in [1.807, 2.05) is 11.8 Å². The van der Waals surface area contributed by atoms with Crippen molar-refractivity contribution in [3.8, 4) is 0 Å². The quantitative estimate of drug-likeness (QED) is 0.817. The topological polar surface area (TPSA) is 32.3 Å². The molecule has 0 aromatic heterocycles. The molecule has 0 spiro atoms. The van der Waals surface area contributed by atoms with Gasteiger partial charge in [0.2, 0.25) is 5.91 Å². The van der Waals surface area contributed by atoms with E-state index in [0.29, 0.717) is 17.9 Å². The second-order valence-corrected chi connectivity index (χ2v) is 6.10. The van der Waals surface area contributed by atoms with Crippen molar-refractivity contribution in [3.05, 3.63) is 0 Å². The number of hydrogen-bond acceptors (Lipinski definition) is 3. The van der Waals surface area contributed by atoms with Crippen molar-refractivity contribution in [3.63, 3.8) is 0 Å². The maximum absolute atomic E-state index is 12.3. The lowest BCUT2D eigenvalue weighted by Crippen LogP contribution is -2.41.